The number of hydrogen-bond acceptors (Lipinski definition) is 6. The number of carbonyl (C=O) groups excluding carboxylic acids is 1. The lowest BCUT2D eigenvalue weighted by Gasteiger charge is -2.17. The van der Waals surface area contributed by atoms with E-state index in [9.17, 15) is 14.9 Å². The highest BCUT2D eigenvalue weighted by Gasteiger charge is 2.20. The van der Waals surface area contributed by atoms with Gasteiger partial charge in [-0.2, -0.15) is 0 Å². The number of hydrogen-bond donors (Lipinski definition) is 0. The van der Waals surface area contributed by atoms with Crippen LogP contribution in [-0.2, 0) is 4.74 Å². The lowest BCUT2D eigenvalue weighted by molar-refractivity contribution is -0.385. The van der Waals surface area contributed by atoms with Crippen LogP contribution >= 0.6 is 11.3 Å². The second-order valence-electron chi connectivity index (χ2n) is 3.97. The van der Waals surface area contributed by atoms with Crippen molar-refractivity contribution in [3.05, 3.63) is 25.9 Å². The van der Waals surface area contributed by atoms with Crippen molar-refractivity contribution in [1.82, 2.24) is 4.90 Å². The maximum Gasteiger partial charge on any atom is 0.348 e. The zero-order chi connectivity index (χ0) is 14.4. The van der Waals surface area contributed by atoms with E-state index in [0.717, 1.165) is 24.4 Å². The lowest BCUT2D eigenvalue weighted by Crippen LogP contribution is -2.27. The van der Waals surface area contributed by atoms with Gasteiger partial charge >= 0.3 is 5.97 Å². The quantitative estimate of drug-likeness (QED) is 0.437. The predicted molar refractivity (Wildman–Crippen MR) is 73.8 cm³/mol. The van der Waals surface area contributed by atoms with Crippen LogP contribution in [0.3, 0.4) is 0 Å². The molecule has 0 fully saturated rings. The highest BCUT2D eigenvalue weighted by molar-refractivity contribution is 7.14. The molecule has 1 rings (SSSR count). The Hall–Kier alpha value is -1.47. The fraction of sp³-hybridized carbons (Fsp3) is 0.583. The summed E-state index contributed by atoms with van der Waals surface area (Å²) in [5.41, 5.74) is -0.0271. The van der Waals surface area contributed by atoms with Crippen LogP contribution in [0.15, 0.2) is 6.07 Å². The fourth-order valence-electron chi connectivity index (χ4n) is 1.63. The summed E-state index contributed by atoms with van der Waals surface area (Å²) in [6.45, 7) is 8.47. The summed E-state index contributed by atoms with van der Waals surface area (Å²) in [6, 6.07) is 1.28. The third-order valence-electron chi connectivity index (χ3n) is 2.82. The molecule has 0 saturated carbocycles. The minimum atomic E-state index is -0.492. The van der Waals surface area contributed by atoms with Gasteiger partial charge in [0.25, 0.3) is 5.69 Å². The molecule has 0 N–H and O–H groups in total. The van der Waals surface area contributed by atoms with Crippen molar-refractivity contribution in [1.29, 1.82) is 0 Å². The molecule has 0 unspecified atom stereocenters. The van der Waals surface area contributed by atoms with Crippen molar-refractivity contribution >= 4 is 23.0 Å². The first-order chi connectivity index (χ1) is 8.99. The summed E-state index contributed by atoms with van der Waals surface area (Å²) in [7, 11) is 0. The van der Waals surface area contributed by atoms with Gasteiger partial charge in [0, 0.05) is 12.6 Å². The van der Waals surface area contributed by atoms with Crippen molar-refractivity contribution in [3.63, 3.8) is 0 Å². The van der Waals surface area contributed by atoms with Gasteiger partial charge in [0.2, 0.25) is 0 Å². The van der Waals surface area contributed by atoms with Crippen LogP contribution in [0, 0.1) is 17.0 Å². The first-order valence-electron chi connectivity index (χ1n) is 6.13. The Morgan fingerprint density at radius 1 is 1.47 bits per heavy atom. The number of carbonyl (C=O) groups is 1. The zero-order valence-corrected chi connectivity index (χ0v) is 12.2. The van der Waals surface area contributed by atoms with E-state index in [1.807, 2.05) is 13.8 Å². The summed E-state index contributed by atoms with van der Waals surface area (Å²) in [4.78, 5) is 24.9. The van der Waals surface area contributed by atoms with Crippen LogP contribution in [0.2, 0.25) is 0 Å². The summed E-state index contributed by atoms with van der Waals surface area (Å²) in [5.74, 6) is -0.492. The normalized spacial score (nSPS) is 10.7. The van der Waals surface area contributed by atoms with Crippen molar-refractivity contribution in [2.45, 2.75) is 20.8 Å². The molecule has 0 amide bonds. The summed E-state index contributed by atoms with van der Waals surface area (Å²) < 4.78 is 5.12. The maximum atomic E-state index is 11.7. The molecule has 0 spiro atoms. The van der Waals surface area contributed by atoms with Gasteiger partial charge in [0.1, 0.15) is 11.5 Å². The van der Waals surface area contributed by atoms with Crippen molar-refractivity contribution < 1.29 is 14.5 Å². The molecule has 7 heteroatoms. The van der Waals surface area contributed by atoms with E-state index >= 15 is 0 Å². The molecule has 0 saturated heterocycles. The van der Waals surface area contributed by atoms with Crippen LogP contribution in [0.25, 0.3) is 0 Å². The van der Waals surface area contributed by atoms with Crippen molar-refractivity contribution in [3.8, 4) is 0 Å². The van der Waals surface area contributed by atoms with E-state index in [1.54, 1.807) is 6.92 Å². The average molecular weight is 286 g/mol. The predicted octanol–water partition coefficient (Wildman–Crippen LogP) is 2.46. The lowest BCUT2D eigenvalue weighted by atomic mass is 10.4. The topological polar surface area (TPSA) is 72.7 Å². The Labute approximate surface area is 116 Å². The van der Waals surface area contributed by atoms with Gasteiger partial charge in [0.05, 0.1) is 9.80 Å². The minimum absolute atomic E-state index is 0.0271. The minimum Gasteiger partial charge on any atom is -0.460 e. The van der Waals surface area contributed by atoms with Gasteiger partial charge in [-0.05, 0) is 20.0 Å². The van der Waals surface area contributed by atoms with Crippen LogP contribution in [0.5, 0.6) is 0 Å². The number of nitrogens with zero attached hydrogens (tertiary/aromatic N) is 2. The van der Waals surface area contributed by atoms with E-state index < -0.39 is 10.9 Å². The molecule has 0 aliphatic rings. The van der Waals surface area contributed by atoms with Crippen molar-refractivity contribution in [2.24, 2.45) is 0 Å². The fourth-order valence-corrected chi connectivity index (χ4v) is 2.51. The second kappa shape index (κ2) is 7.20. The molecule has 0 atom stereocenters. The van der Waals surface area contributed by atoms with E-state index in [4.69, 9.17) is 4.74 Å². The molecule has 1 aromatic heterocycles. The number of esters is 1. The Kier molecular flexibility index (Phi) is 5.91. The number of thiophene rings is 1. The molecule has 6 nitrogen and oxygen atoms in total. The first kappa shape index (κ1) is 15.6. The number of rotatable bonds is 7. The third kappa shape index (κ3) is 4.29. The molecule has 1 aromatic rings. The molecule has 0 aromatic carbocycles. The standard InChI is InChI=1S/C12H18N2O4S/c1-4-13(5-2)6-7-18-12(15)11-8-10(14(16)17)9(3)19-11/h8H,4-7H2,1-3H3. The Bertz CT molecular complexity index is 455. The van der Waals surface area contributed by atoms with Gasteiger partial charge < -0.3 is 9.64 Å². The largest absolute Gasteiger partial charge is 0.460 e. The average Bonchev–Trinajstić information content (AvgIpc) is 2.77. The van der Waals surface area contributed by atoms with E-state index in [0.29, 0.717) is 18.0 Å². The van der Waals surface area contributed by atoms with Crippen LogP contribution < -0.4 is 0 Å². The van der Waals surface area contributed by atoms with Gasteiger partial charge in [-0.15, -0.1) is 11.3 Å². The number of ether oxygens (including phenoxy) is 1. The van der Waals surface area contributed by atoms with E-state index in [1.165, 1.54) is 6.07 Å². The molecule has 1 heterocycles. The Morgan fingerprint density at radius 3 is 2.58 bits per heavy atom. The monoisotopic (exact) mass is 286 g/mol. The van der Waals surface area contributed by atoms with Crippen LogP contribution in [0.4, 0.5) is 5.69 Å². The smallest absolute Gasteiger partial charge is 0.348 e. The summed E-state index contributed by atoms with van der Waals surface area (Å²) in [5, 5.41) is 10.7. The Balaban J connectivity index is 2.54. The molecular formula is C12H18N2O4S. The number of likely N-dealkylation sites (N-methyl/N-ethyl adjacent to an activating group) is 1. The molecular weight excluding hydrogens is 268 g/mol. The van der Waals surface area contributed by atoms with Gasteiger partial charge in [0.15, 0.2) is 0 Å². The second-order valence-corrected chi connectivity index (χ2v) is 5.23. The van der Waals surface area contributed by atoms with Gasteiger partial charge in [-0.1, -0.05) is 13.8 Å². The molecule has 0 aliphatic carbocycles. The summed E-state index contributed by atoms with van der Waals surface area (Å²) >= 11 is 1.09. The molecule has 0 aliphatic heterocycles. The molecule has 0 bridgehead atoms. The van der Waals surface area contributed by atoms with Crippen molar-refractivity contribution in [2.75, 3.05) is 26.2 Å². The highest BCUT2D eigenvalue weighted by atomic mass is 32.1. The van der Waals surface area contributed by atoms with E-state index in [2.05, 4.69) is 4.90 Å². The van der Waals surface area contributed by atoms with Gasteiger partial charge in [-0.25, -0.2) is 4.79 Å². The summed E-state index contributed by atoms with van der Waals surface area (Å²) in [6.07, 6.45) is 0. The highest BCUT2D eigenvalue weighted by Crippen LogP contribution is 2.28. The van der Waals surface area contributed by atoms with Gasteiger partial charge in [-0.3, -0.25) is 10.1 Å². The third-order valence-corrected chi connectivity index (χ3v) is 3.84. The van der Waals surface area contributed by atoms with Crippen LogP contribution in [0.1, 0.15) is 28.4 Å². The maximum absolute atomic E-state index is 11.7. The van der Waals surface area contributed by atoms with E-state index in [-0.39, 0.29) is 10.6 Å². The Morgan fingerprint density at radius 2 is 2.11 bits per heavy atom. The van der Waals surface area contributed by atoms with Crippen LogP contribution in [-0.4, -0.2) is 42.0 Å². The first-order valence-corrected chi connectivity index (χ1v) is 6.95. The molecule has 19 heavy (non-hydrogen) atoms. The molecule has 106 valence electrons. The number of nitro groups is 1. The SMILES string of the molecule is CCN(CC)CCOC(=O)c1cc([N+](=O)[O-])c(C)s1. The molecule has 0 radical (unpaired) electrons. The zero-order valence-electron chi connectivity index (χ0n) is 11.3. The number of aryl methyl sites for hydroxylation is 1.